The number of nitrogens with zero attached hydrogens (tertiary/aromatic N) is 5. The van der Waals surface area contributed by atoms with Crippen molar-refractivity contribution in [1.29, 1.82) is 0 Å². The number of hydrogen-bond acceptors (Lipinski definition) is 9. The first-order chi connectivity index (χ1) is 21.6. The molecule has 2 aromatic carbocycles. The molecule has 5 aromatic rings. The maximum absolute atomic E-state index is 13.0. The van der Waals surface area contributed by atoms with Gasteiger partial charge in [-0.05, 0) is 23.9 Å². The fourth-order valence-electron chi connectivity index (χ4n) is 4.83. The summed E-state index contributed by atoms with van der Waals surface area (Å²) in [5.74, 6) is 0.577. The molecular formula is C32H30Cl2MnN6O5. The van der Waals surface area contributed by atoms with E-state index in [-0.39, 0.29) is 34.4 Å². The van der Waals surface area contributed by atoms with Crippen LogP contribution < -0.4 is 21.3 Å². The molecule has 1 radical (unpaired) electrons. The third kappa shape index (κ3) is 7.07. The van der Waals surface area contributed by atoms with Gasteiger partial charge in [-0.2, -0.15) is 6.42 Å². The number of aliphatic hydroxyl groups excluding tert-OH is 1. The number of pyridine rings is 1. The van der Waals surface area contributed by atoms with Gasteiger partial charge in [0.25, 0.3) is 5.56 Å². The summed E-state index contributed by atoms with van der Waals surface area (Å²) in [6, 6.07) is 12.5. The van der Waals surface area contributed by atoms with Crippen molar-refractivity contribution in [2.45, 2.75) is 12.5 Å². The number of anilines is 2. The van der Waals surface area contributed by atoms with Crippen molar-refractivity contribution < 1.29 is 31.6 Å². The normalized spacial score (nSPS) is 14.2. The van der Waals surface area contributed by atoms with E-state index >= 15 is 0 Å². The minimum Gasteiger partial charge on any atom is -0.563 e. The number of aromatic nitrogens is 5. The van der Waals surface area contributed by atoms with Crippen LogP contribution in [0.4, 0.5) is 11.5 Å². The van der Waals surface area contributed by atoms with E-state index in [1.807, 2.05) is 36.8 Å². The molecular weight excluding hydrogens is 674 g/mol. The van der Waals surface area contributed by atoms with Gasteiger partial charge in [-0.1, -0.05) is 53.5 Å². The molecule has 0 saturated carbocycles. The van der Waals surface area contributed by atoms with Crippen LogP contribution in [-0.4, -0.2) is 55.6 Å². The van der Waals surface area contributed by atoms with Crippen LogP contribution in [0, 0.1) is 13.3 Å². The van der Waals surface area contributed by atoms with Crippen LogP contribution in [0.2, 0.25) is 10.0 Å². The van der Waals surface area contributed by atoms with E-state index < -0.39 is 11.2 Å². The quantitative estimate of drug-likeness (QED) is 0.192. The molecule has 0 spiro atoms. The molecule has 6 rings (SSSR count). The molecule has 1 saturated heterocycles. The van der Waals surface area contributed by atoms with Crippen LogP contribution in [-0.2, 0) is 35.9 Å². The van der Waals surface area contributed by atoms with Gasteiger partial charge in [-0.25, -0.2) is 16.7 Å². The topological polar surface area (TPSA) is 133 Å². The Kier molecular flexibility index (Phi) is 11.5. The molecule has 1 fully saturated rings. The van der Waals surface area contributed by atoms with Gasteiger partial charge in [-0.3, -0.25) is 25.3 Å². The predicted molar refractivity (Wildman–Crippen MR) is 175 cm³/mol. The van der Waals surface area contributed by atoms with Gasteiger partial charge < -0.3 is 24.9 Å². The fourth-order valence-corrected chi connectivity index (χ4v) is 5.43. The van der Waals surface area contributed by atoms with Crippen molar-refractivity contribution in [2.24, 2.45) is 14.1 Å². The Morgan fingerprint density at radius 2 is 1.74 bits per heavy atom. The minimum atomic E-state index is -0.466. The molecule has 0 aliphatic carbocycles. The van der Waals surface area contributed by atoms with Gasteiger partial charge in [0.1, 0.15) is 11.2 Å². The molecule has 11 nitrogen and oxygen atoms in total. The Morgan fingerprint density at radius 3 is 2.39 bits per heavy atom. The third-order valence-corrected chi connectivity index (χ3v) is 8.01. The van der Waals surface area contributed by atoms with Crippen molar-refractivity contribution in [1.82, 2.24) is 24.1 Å². The summed E-state index contributed by atoms with van der Waals surface area (Å²) in [7, 11) is 4.52. The average molecular weight is 704 g/mol. The molecule has 0 unspecified atom stereocenters. The smallest absolute Gasteiger partial charge is 0.563 e. The number of methoxy groups -OCH3 is 1. The van der Waals surface area contributed by atoms with Crippen LogP contribution in [0.5, 0.6) is 5.88 Å². The second kappa shape index (κ2) is 15.1. The Balaban J connectivity index is 0.000000532. The van der Waals surface area contributed by atoms with Crippen molar-refractivity contribution in [3.8, 4) is 28.3 Å². The first kappa shape index (κ1) is 35.0. The average Bonchev–Trinajstić information content (AvgIpc) is 3.05. The molecule has 1 atom stereocenters. The van der Waals surface area contributed by atoms with E-state index in [4.69, 9.17) is 37.8 Å². The summed E-state index contributed by atoms with van der Waals surface area (Å²) in [4.78, 5) is 38.4. The van der Waals surface area contributed by atoms with Crippen LogP contribution in [0.15, 0.2) is 64.4 Å². The summed E-state index contributed by atoms with van der Waals surface area (Å²) in [6.45, 7) is 5.07. The van der Waals surface area contributed by atoms with E-state index in [1.54, 1.807) is 25.4 Å². The molecule has 1 aliphatic rings. The number of nitrogens with one attached hydrogen (secondary N) is 1. The van der Waals surface area contributed by atoms with Crippen molar-refractivity contribution in [3.63, 3.8) is 0 Å². The SMILES string of the molecule is O[C@@H]1[CH-]CCOC1.[CH2-]c1ncc(-c2cccc(-c3cccc(Nc4nccc5c4c(=O)n(C)c(=O)n5C)c3Cl)c2Cl)nc1OC.[Mn+2]. The largest absolute Gasteiger partial charge is 2.00 e. The van der Waals surface area contributed by atoms with Gasteiger partial charge >= 0.3 is 22.8 Å². The number of fused-ring (bicyclic) bond motifs is 1. The molecule has 0 amide bonds. The van der Waals surface area contributed by atoms with Gasteiger partial charge in [0.05, 0.1) is 39.9 Å². The van der Waals surface area contributed by atoms with Crippen LogP contribution >= 0.6 is 23.2 Å². The standard InChI is InChI=1S/C27H21Cl2N6O3.C5H9O2.Mn/c1-14-25(38-4)33-19(13-31-14)17-9-5-7-15(22(17)28)16-8-6-10-18(23(16)29)32-24-21-20(11-12-30-24)34(2)27(37)35(3)26(21)36;6-5-2-1-3-7-4-5;/h5-13H,1H2,2-4H3,(H,30,32);2,5-6H,1,3-4H2;/q2*-1;+2/t;5-;/m.1./s1. The monoisotopic (exact) mass is 703 g/mol. The fraction of sp³-hybridized carbons (Fsp3) is 0.219. The van der Waals surface area contributed by atoms with E-state index in [2.05, 4.69) is 27.2 Å². The minimum absolute atomic E-state index is 0. The molecule has 1 aliphatic heterocycles. The second-order valence-corrected chi connectivity index (χ2v) is 10.9. The number of rotatable bonds is 5. The zero-order chi connectivity index (χ0) is 32.2. The number of ether oxygens (including phenoxy) is 2. The van der Waals surface area contributed by atoms with Crippen molar-refractivity contribution in [2.75, 3.05) is 25.6 Å². The molecule has 4 heterocycles. The second-order valence-electron chi connectivity index (χ2n) is 10.1. The summed E-state index contributed by atoms with van der Waals surface area (Å²) in [5, 5.41) is 12.9. The zero-order valence-electron chi connectivity index (χ0n) is 25.1. The Hall–Kier alpha value is -3.90. The Labute approximate surface area is 285 Å². The van der Waals surface area contributed by atoms with Gasteiger partial charge in [0.15, 0.2) is 0 Å². The Bertz CT molecular complexity index is 2000. The number of halogens is 2. The van der Waals surface area contributed by atoms with Crippen molar-refractivity contribution in [3.05, 3.63) is 105 Å². The maximum atomic E-state index is 13.0. The first-order valence-electron chi connectivity index (χ1n) is 13.8. The summed E-state index contributed by atoms with van der Waals surface area (Å²) in [6.07, 6.45) is 5.54. The summed E-state index contributed by atoms with van der Waals surface area (Å²) >= 11 is 13.7. The number of hydrogen-bond donors (Lipinski definition) is 2. The molecule has 2 N–H and O–H groups in total. The number of aryl methyl sites for hydroxylation is 1. The number of benzene rings is 2. The molecule has 46 heavy (non-hydrogen) atoms. The van der Waals surface area contributed by atoms with Gasteiger partial charge in [-0.15, -0.1) is 0 Å². The molecule has 239 valence electrons. The van der Waals surface area contributed by atoms with E-state index in [0.717, 1.165) is 17.6 Å². The van der Waals surface area contributed by atoms with Crippen LogP contribution in [0.25, 0.3) is 33.3 Å². The summed E-state index contributed by atoms with van der Waals surface area (Å²) in [5.41, 5.74) is 2.96. The predicted octanol–water partition coefficient (Wildman–Crippen LogP) is 4.97. The first-order valence-corrected chi connectivity index (χ1v) is 14.6. The van der Waals surface area contributed by atoms with E-state index in [1.165, 1.54) is 24.9 Å². The third-order valence-electron chi connectivity index (χ3n) is 7.19. The molecule has 14 heteroatoms. The molecule has 0 bridgehead atoms. The van der Waals surface area contributed by atoms with Gasteiger partial charge in [0, 0.05) is 56.4 Å². The maximum Gasteiger partial charge on any atom is 2.00 e. The zero-order valence-corrected chi connectivity index (χ0v) is 27.8. The summed E-state index contributed by atoms with van der Waals surface area (Å²) < 4.78 is 12.6. The van der Waals surface area contributed by atoms with Crippen molar-refractivity contribution >= 4 is 45.6 Å². The molecule has 3 aromatic heterocycles. The van der Waals surface area contributed by atoms with Crippen LogP contribution in [0.1, 0.15) is 12.1 Å². The van der Waals surface area contributed by atoms with E-state index in [9.17, 15) is 9.59 Å². The van der Waals surface area contributed by atoms with Gasteiger partial charge in [0.2, 0.25) is 0 Å². The Morgan fingerprint density at radius 1 is 1.04 bits per heavy atom. The van der Waals surface area contributed by atoms with Crippen LogP contribution in [0.3, 0.4) is 0 Å². The number of aliphatic hydroxyl groups is 1. The van der Waals surface area contributed by atoms with E-state index in [0.29, 0.717) is 61.8 Å².